The van der Waals surface area contributed by atoms with Gasteiger partial charge in [0, 0.05) is 18.6 Å². The van der Waals surface area contributed by atoms with Crippen LogP contribution in [0.15, 0.2) is 18.2 Å². The Labute approximate surface area is 128 Å². The van der Waals surface area contributed by atoms with Gasteiger partial charge in [-0.1, -0.05) is 31.5 Å². The second-order valence-electron chi connectivity index (χ2n) is 5.94. The number of ether oxygens (including phenoxy) is 1. The SMILES string of the molecule is COC1CC(n2c(CCl)nc3cccc(Cl)c32)C1(C)C. The highest BCUT2D eigenvalue weighted by atomic mass is 35.5. The van der Waals surface area contributed by atoms with Gasteiger partial charge in [-0.25, -0.2) is 4.98 Å². The second kappa shape index (κ2) is 4.90. The quantitative estimate of drug-likeness (QED) is 0.785. The molecule has 0 aliphatic heterocycles. The molecule has 1 aliphatic carbocycles. The van der Waals surface area contributed by atoms with Crippen LogP contribution in [-0.2, 0) is 10.6 Å². The molecule has 1 aliphatic rings. The molecule has 1 saturated carbocycles. The monoisotopic (exact) mass is 312 g/mol. The number of fused-ring (bicyclic) bond motifs is 1. The third kappa shape index (κ3) is 1.87. The Kier molecular flexibility index (Phi) is 3.47. The maximum atomic E-state index is 6.39. The molecule has 0 spiro atoms. The number of imidazole rings is 1. The van der Waals surface area contributed by atoms with Crippen molar-refractivity contribution in [2.45, 2.75) is 38.3 Å². The smallest absolute Gasteiger partial charge is 0.125 e. The summed E-state index contributed by atoms with van der Waals surface area (Å²) in [5.41, 5.74) is 1.93. The zero-order valence-corrected chi connectivity index (χ0v) is 13.4. The van der Waals surface area contributed by atoms with E-state index in [9.17, 15) is 0 Å². The first-order valence-electron chi connectivity index (χ1n) is 6.74. The van der Waals surface area contributed by atoms with Gasteiger partial charge in [-0.3, -0.25) is 0 Å². The lowest BCUT2D eigenvalue weighted by atomic mass is 9.64. The number of methoxy groups -OCH3 is 1. The standard InChI is InChI=1S/C15H18Cl2N2O/c1-15(2)11(7-12(15)20-3)19-13(8-16)18-10-6-4-5-9(17)14(10)19/h4-6,11-12H,7-8H2,1-3H3. The number of hydrogen-bond acceptors (Lipinski definition) is 2. The summed E-state index contributed by atoms with van der Waals surface area (Å²) in [6.07, 6.45) is 1.22. The topological polar surface area (TPSA) is 27.1 Å². The van der Waals surface area contributed by atoms with Crippen molar-refractivity contribution >= 4 is 34.2 Å². The van der Waals surface area contributed by atoms with Gasteiger partial charge in [-0.05, 0) is 18.6 Å². The van der Waals surface area contributed by atoms with E-state index in [4.69, 9.17) is 27.9 Å². The van der Waals surface area contributed by atoms with Crippen LogP contribution in [0.25, 0.3) is 11.0 Å². The summed E-state index contributed by atoms with van der Waals surface area (Å²) in [5.74, 6) is 1.26. The van der Waals surface area contributed by atoms with E-state index < -0.39 is 0 Å². The Balaban J connectivity index is 2.16. The summed E-state index contributed by atoms with van der Waals surface area (Å²) >= 11 is 12.5. The molecule has 0 bridgehead atoms. The lowest BCUT2D eigenvalue weighted by molar-refractivity contribution is -0.112. The molecule has 1 heterocycles. The lowest BCUT2D eigenvalue weighted by Crippen LogP contribution is -2.51. The molecule has 108 valence electrons. The number of aromatic nitrogens is 2. The fraction of sp³-hybridized carbons (Fsp3) is 0.533. The highest BCUT2D eigenvalue weighted by Gasteiger charge is 2.50. The maximum absolute atomic E-state index is 6.39. The van der Waals surface area contributed by atoms with Crippen LogP contribution in [0.4, 0.5) is 0 Å². The molecule has 2 unspecified atom stereocenters. The van der Waals surface area contributed by atoms with Gasteiger partial charge in [0.1, 0.15) is 5.82 Å². The molecular formula is C15H18Cl2N2O. The molecule has 5 heteroatoms. The first-order valence-corrected chi connectivity index (χ1v) is 7.66. The first kappa shape index (κ1) is 14.2. The summed E-state index contributed by atoms with van der Waals surface area (Å²) < 4.78 is 7.75. The van der Waals surface area contributed by atoms with Crippen molar-refractivity contribution in [3.8, 4) is 0 Å². The van der Waals surface area contributed by atoms with Crippen LogP contribution in [0.3, 0.4) is 0 Å². The Morgan fingerprint density at radius 1 is 1.45 bits per heavy atom. The minimum absolute atomic E-state index is 0.0440. The van der Waals surface area contributed by atoms with E-state index in [0.717, 1.165) is 28.3 Å². The van der Waals surface area contributed by atoms with Crippen molar-refractivity contribution in [2.24, 2.45) is 5.41 Å². The number of para-hydroxylation sites is 1. The predicted octanol–water partition coefficient (Wildman–Crippen LogP) is 4.41. The van der Waals surface area contributed by atoms with E-state index in [-0.39, 0.29) is 11.5 Å². The molecular weight excluding hydrogens is 295 g/mol. The number of hydrogen-bond donors (Lipinski definition) is 0. The molecule has 1 fully saturated rings. The summed E-state index contributed by atoms with van der Waals surface area (Å²) in [4.78, 5) is 4.62. The molecule has 3 rings (SSSR count). The Morgan fingerprint density at radius 3 is 2.80 bits per heavy atom. The number of benzene rings is 1. The van der Waals surface area contributed by atoms with Crippen LogP contribution in [0.1, 0.15) is 32.1 Å². The molecule has 1 aromatic carbocycles. The molecule has 0 N–H and O–H groups in total. The van der Waals surface area contributed by atoms with Crippen LogP contribution >= 0.6 is 23.2 Å². The third-order valence-corrected chi connectivity index (χ3v) is 5.12. The summed E-state index contributed by atoms with van der Waals surface area (Å²) in [6, 6.07) is 6.11. The third-order valence-electron chi connectivity index (χ3n) is 4.58. The van der Waals surface area contributed by atoms with Crippen molar-refractivity contribution < 1.29 is 4.74 Å². The highest BCUT2D eigenvalue weighted by Crippen LogP contribution is 2.52. The Morgan fingerprint density at radius 2 is 2.20 bits per heavy atom. The Bertz CT molecular complexity index is 651. The van der Waals surface area contributed by atoms with Gasteiger partial charge in [0.2, 0.25) is 0 Å². The summed E-state index contributed by atoms with van der Waals surface area (Å²) in [7, 11) is 1.77. The lowest BCUT2D eigenvalue weighted by Gasteiger charge is -2.52. The van der Waals surface area contributed by atoms with Gasteiger partial charge < -0.3 is 9.30 Å². The molecule has 3 nitrogen and oxygen atoms in total. The molecule has 0 amide bonds. The number of halogens is 2. The Hall–Kier alpha value is -0.770. The number of rotatable bonds is 3. The van der Waals surface area contributed by atoms with Crippen LogP contribution in [0, 0.1) is 5.41 Å². The summed E-state index contributed by atoms with van der Waals surface area (Å²) in [5, 5.41) is 0.725. The first-order chi connectivity index (χ1) is 9.50. The van der Waals surface area contributed by atoms with Gasteiger partial charge in [0.15, 0.2) is 0 Å². The number of alkyl halides is 1. The van der Waals surface area contributed by atoms with E-state index in [1.807, 2.05) is 18.2 Å². The minimum atomic E-state index is 0.0440. The van der Waals surface area contributed by atoms with Gasteiger partial charge in [0.25, 0.3) is 0 Å². The molecule has 2 aromatic rings. The van der Waals surface area contributed by atoms with E-state index in [0.29, 0.717) is 11.9 Å². The molecule has 1 aromatic heterocycles. The fourth-order valence-electron chi connectivity index (χ4n) is 3.29. The van der Waals surface area contributed by atoms with Crippen molar-refractivity contribution in [2.75, 3.05) is 7.11 Å². The van der Waals surface area contributed by atoms with Gasteiger partial charge in [0.05, 0.1) is 28.0 Å². The normalized spacial score (nSPS) is 24.9. The van der Waals surface area contributed by atoms with Crippen LogP contribution in [-0.4, -0.2) is 22.8 Å². The average Bonchev–Trinajstić information content (AvgIpc) is 2.78. The van der Waals surface area contributed by atoms with Gasteiger partial charge >= 0.3 is 0 Å². The van der Waals surface area contributed by atoms with E-state index in [1.54, 1.807) is 7.11 Å². The van der Waals surface area contributed by atoms with Gasteiger partial charge in [-0.2, -0.15) is 0 Å². The molecule has 0 saturated heterocycles. The predicted molar refractivity (Wildman–Crippen MR) is 82.5 cm³/mol. The second-order valence-corrected chi connectivity index (χ2v) is 6.61. The summed E-state index contributed by atoms with van der Waals surface area (Å²) in [6.45, 7) is 4.44. The van der Waals surface area contributed by atoms with Crippen molar-refractivity contribution in [3.63, 3.8) is 0 Å². The molecule has 2 atom stereocenters. The van der Waals surface area contributed by atoms with Gasteiger partial charge in [-0.15, -0.1) is 11.6 Å². The van der Waals surface area contributed by atoms with E-state index >= 15 is 0 Å². The van der Waals surface area contributed by atoms with Crippen molar-refractivity contribution in [3.05, 3.63) is 29.0 Å². The zero-order valence-electron chi connectivity index (χ0n) is 11.9. The molecule has 0 radical (unpaired) electrons. The fourth-order valence-corrected chi connectivity index (χ4v) is 3.74. The number of nitrogens with zero attached hydrogens (tertiary/aromatic N) is 2. The highest BCUT2D eigenvalue weighted by molar-refractivity contribution is 6.35. The maximum Gasteiger partial charge on any atom is 0.125 e. The van der Waals surface area contributed by atoms with Crippen LogP contribution < -0.4 is 0 Å². The average molecular weight is 313 g/mol. The largest absolute Gasteiger partial charge is 0.381 e. The van der Waals surface area contributed by atoms with E-state index in [1.165, 1.54) is 0 Å². The van der Waals surface area contributed by atoms with Crippen molar-refractivity contribution in [1.29, 1.82) is 0 Å². The molecule has 20 heavy (non-hydrogen) atoms. The van der Waals surface area contributed by atoms with Crippen molar-refractivity contribution in [1.82, 2.24) is 9.55 Å². The zero-order chi connectivity index (χ0) is 14.5. The van der Waals surface area contributed by atoms with Crippen LogP contribution in [0.5, 0.6) is 0 Å². The van der Waals surface area contributed by atoms with E-state index in [2.05, 4.69) is 23.4 Å². The van der Waals surface area contributed by atoms with Crippen LogP contribution in [0.2, 0.25) is 5.02 Å². The minimum Gasteiger partial charge on any atom is -0.381 e.